The number of carbonyl (C=O) groups excluding carboxylic acids is 2. The molecular weight excluding hydrogens is 420 g/mol. The van der Waals surface area contributed by atoms with Gasteiger partial charge in [-0.3, -0.25) is 4.79 Å². The summed E-state index contributed by atoms with van der Waals surface area (Å²) in [5.41, 5.74) is 1.25. The third-order valence-corrected chi connectivity index (χ3v) is 4.60. The van der Waals surface area contributed by atoms with Crippen LogP contribution >= 0.6 is 11.6 Å². The largest absolute Gasteiger partial charge is 0.497 e. The number of benzene rings is 2. The lowest BCUT2D eigenvalue weighted by atomic mass is 10.1. The fourth-order valence-electron chi connectivity index (χ4n) is 2.69. The molecule has 0 unspecified atom stereocenters. The summed E-state index contributed by atoms with van der Waals surface area (Å²) in [7, 11) is 2.82. The minimum atomic E-state index is -0.573. The number of halogens is 1. The zero-order valence-corrected chi connectivity index (χ0v) is 17.4. The van der Waals surface area contributed by atoms with Crippen LogP contribution in [-0.4, -0.2) is 26.1 Å². The minimum absolute atomic E-state index is 0.129. The summed E-state index contributed by atoms with van der Waals surface area (Å²) in [6.07, 6.45) is 1.34. The standard InChI is InChI=1S/C23H17ClN2O5/c1-29-17-6-4-16(5-7-17)26-22(27)15(13-25)11-18-8-10-21(31-18)14-3-9-19(20(24)12-14)23(28)30-2/h3-12H,1-2H3,(H,26,27)/b15-11-. The number of ether oxygens (including phenoxy) is 2. The smallest absolute Gasteiger partial charge is 0.339 e. The molecule has 0 aliphatic carbocycles. The molecule has 1 aromatic heterocycles. The zero-order valence-electron chi connectivity index (χ0n) is 16.6. The first kappa shape index (κ1) is 21.7. The van der Waals surface area contributed by atoms with Crippen LogP contribution in [0.5, 0.6) is 5.75 Å². The van der Waals surface area contributed by atoms with E-state index in [0.29, 0.717) is 28.5 Å². The molecule has 0 bridgehead atoms. The van der Waals surface area contributed by atoms with Gasteiger partial charge in [-0.05, 0) is 48.5 Å². The minimum Gasteiger partial charge on any atom is -0.497 e. The number of esters is 1. The van der Waals surface area contributed by atoms with Crippen LogP contribution in [0.15, 0.2) is 64.6 Å². The Morgan fingerprint density at radius 3 is 2.45 bits per heavy atom. The van der Waals surface area contributed by atoms with E-state index in [1.54, 1.807) is 55.6 Å². The highest BCUT2D eigenvalue weighted by Gasteiger charge is 2.14. The summed E-state index contributed by atoms with van der Waals surface area (Å²) in [5.74, 6) is 0.302. The number of nitrogens with zero attached hydrogens (tertiary/aromatic N) is 1. The normalized spacial score (nSPS) is 10.8. The Bertz CT molecular complexity index is 1190. The van der Waals surface area contributed by atoms with Gasteiger partial charge >= 0.3 is 5.97 Å². The van der Waals surface area contributed by atoms with Crippen LogP contribution in [0.3, 0.4) is 0 Å². The van der Waals surface area contributed by atoms with Crippen LogP contribution in [0, 0.1) is 11.3 Å². The van der Waals surface area contributed by atoms with Gasteiger partial charge in [-0.2, -0.15) is 5.26 Å². The molecule has 3 rings (SSSR count). The van der Waals surface area contributed by atoms with E-state index in [2.05, 4.69) is 10.1 Å². The summed E-state index contributed by atoms with van der Waals surface area (Å²) >= 11 is 6.15. The molecule has 0 fully saturated rings. The molecule has 0 spiro atoms. The number of rotatable bonds is 6. The maximum atomic E-state index is 12.4. The average Bonchev–Trinajstić information content (AvgIpc) is 3.26. The van der Waals surface area contributed by atoms with Crippen LogP contribution < -0.4 is 10.1 Å². The highest BCUT2D eigenvalue weighted by atomic mass is 35.5. The average molecular weight is 437 g/mol. The zero-order chi connectivity index (χ0) is 22.4. The van der Waals surface area contributed by atoms with Crippen molar-refractivity contribution < 1.29 is 23.5 Å². The van der Waals surface area contributed by atoms with Crippen molar-refractivity contribution in [2.24, 2.45) is 0 Å². The van der Waals surface area contributed by atoms with Crippen LogP contribution in [0.1, 0.15) is 16.1 Å². The third-order valence-electron chi connectivity index (χ3n) is 4.29. The molecule has 0 atom stereocenters. The topological polar surface area (TPSA) is 102 Å². The van der Waals surface area contributed by atoms with E-state index in [4.69, 9.17) is 20.8 Å². The molecule has 2 aromatic carbocycles. The highest BCUT2D eigenvalue weighted by Crippen LogP contribution is 2.28. The Balaban J connectivity index is 1.78. The van der Waals surface area contributed by atoms with E-state index in [9.17, 15) is 14.9 Å². The Labute approximate surface area is 183 Å². The molecule has 0 aliphatic heterocycles. The molecule has 7 nitrogen and oxygen atoms in total. The number of amides is 1. The quantitative estimate of drug-likeness (QED) is 0.333. The van der Waals surface area contributed by atoms with E-state index >= 15 is 0 Å². The van der Waals surface area contributed by atoms with Crippen molar-refractivity contribution in [1.29, 1.82) is 5.26 Å². The van der Waals surface area contributed by atoms with Crippen molar-refractivity contribution in [2.45, 2.75) is 0 Å². The van der Waals surface area contributed by atoms with Gasteiger partial charge in [-0.15, -0.1) is 0 Å². The summed E-state index contributed by atoms with van der Waals surface area (Å²) in [4.78, 5) is 24.1. The van der Waals surface area contributed by atoms with Gasteiger partial charge < -0.3 is 19.2 Å². The number of hydrogen-bond donors (Lipinski definition) is 1. The molecule has 1 amide bonds. The number of nitriles is 1. The second kappa shape index (κ2) is 9.65. The first-order valence-electron chi connectivity index (χ1n) is 9.00. The van der Waals surface area contributed by atoms with Crippen LogP contribution in [0.25, 0.3) is 17.4 Å². The van der Waals surface area contributed by atoms with E-state index < -0.39 is 11.9 Å². The van der Waals surface area contributed by atoms with Crippen molar-refractivity contribution >= 4 is 35.2 Å². The molecule has 0 saturated carbocycles. The number of furan rings is 1. The fraction of sp³-hybridized carbons (Fsp3) is 0.0870. The second-order valence-corrected chi connectivity index (χ2v) is 6.65. The number of nitrogens with one attached hydrogen (secondary N) is 1. The summed E-state index contributed by atoms with van der Waals surface area (Å²) in [6, 6.07) is 16.6. The molecule has 0 aliphatic rings. The van der Waals surface area contributed by atoms with Crippen LogP contribution in [0.2, 0.25) is 5.02 Å². The molecule has 8 heteroatoms. The summed E-state index contributed by atoms with van der Waals surface area (Å²) in [5, 5.41) is 12.2. The lowest BCUT2D eigenvalue weighted by Crippen LogP contribution is -2.13. The molecule has 1 heterocycles. The van der Waals surface area contributed by atoms with Crippen molar-refractivity contribution in [3.05, 3.63) is 76.5 Å². The van der Waals surface area contributed by atoms with Gasteiger partial charge in [0.15, 0.2) is 0 Å². The van der Waals surface area contributed by atoms with Gasteiger partial charge in [0.1, 0.15) is 28.9 Å². The van der Waals surface area contributed by atoms with Crippen molar-refractivity contribution in [3.63, 3.8) is 0 Å². The Morgan fingerprint density at radius 1 is 1.10 bits per heavy atom. The van der Waals surface area contributed by atoms with Crippen LogP contribution in [-0.2, 0) is 9.53 Å². The first-order valence-corrected chi connectivity index (χ1v) is 9.38. The Kier molecular flexibility index (Phi) is 6.75. The number of methoxy groups -OCH3 is 2. The van der Waals surface area contributed by atoms with Gasteiger partial charge in [-0.1, -0.05) is 17.7 Å². The molecule has 0 radical (unpaired) electrons. The van der Waals surface area contributed by atoms with Gasteiger partial charge in [-0.25, -0.2) is 4.79 Å². The van der Waals surface area contributed by atoms with Crippen molar-refractivity contribution in [1.82, 2.24) is 0 Å². The van der Waals surface area contributed by atoms with Crippen LogP contribution in [0.4, 0.5) is 5.69 Å². The summed E-state index contributed by atoms with van der Waals surface area (Å²) in [6.45, 7) is 0. The predicted molar refractivity (Wildman–Crippen MR) is 116 cm³/mol. The molecule has 31 heavy (non-hydrogen) atoms. The van der Waals surface area contributed by atoms with E-state index in [0.717, 1.165) is 0 Å². The van der Waals surface area contributed by atoms with E-state index in [1.807, 2.05) is 6.07 Å². The van der Waals surface area contributed by atoms with Gasteiger partial charge in [0, 0.05) is 17.3 Å². The number of anilines is 1. The predicted octanol–water partition coefficient (Wildman–Crippen LogP) is 4.94. The SMILES string of the molecule is COC(=O)c1ccc(-c2ccc(/C=C(/C#N)C(=O)Nc3ccc(OC)cc3)o2)cc1Cl. The lowest BCUT2D eigenvalue weighted by Gasteiger charge is -2.05. The van der Waals surface area contributed by atoms with Gasteiger partial charge in [0.05, 0.1) is 24.8 Å². The monoisotopic (exact) mass is 436 g/mol. The third kappa shape index (κ3) is 5.13. The molecule has 3 aromatic rings. The molecule has 156 valence electrons. The maximum absolute atomic E-state index is 12.4. The first-order chi connectivity index (χ1) is 14.9. The van der Waals surface area contributed by atoms with Gasteiger partial charge in [0.2, 0.25) is 0 Å². The summed E-state index contributed by atoms with van der Waals surface area (Å²) < 4.78 is 15.5. The fourth-order valence-corrected chi connectivity index (χ4v) is 2.95. The highest BCUT2D eigenvalue weighted by molar-refractivity contribution is 6.33. The Morgan fingerprint density at radius 2 is 1.84 bits per heavy atom. The lowest BCUT2D eigenvalue weighted by molar-refractivity contribution is -0.112. The molecular formula is C23H17ClN2O5. The number of carbonyl (C=O) groups is 2. The van der Waals surface area contributed by atoms with E-state index in [1.165, 1.54) is 19.3 Å². The Hall–Kier alpha value is -4.02. The van der Waals surface area contributed by atoms with E-state index in [-0.39, 0.29) is 16.2 Å². The second-order valence-electron chi connectivity index (χ2n) is 6.24. The van der Waals surface area contributed by atoms with Crippen molar-refractivity contribution in [3.8, 4) is 23.1 Å². The van der Waals surface area contributed by atoms with Crippen molar-refractivity contribution in [2.75, 3.05) is 19.5 Å². The maximum Gasteiger partial charge on any atom is 0.339 e. The molecule has 0 saturated heterocycles. The molecule has 1 N–H and O–H groups in total. The van der Waals surface area contributed by atoms with Gasteiger partial charge in [0.25, 0.3) is 5.91 Å². The number of hydrogen-bond acceptors (Lipinski definition) is 6.